The van der Waals surface area contributed by atoms with Crippen LogP contribution >= 0.6 is 0 Å². The standard InChI is InChI=1S/C32H29F6N9O2/c33-24-3-1-2-23(14-24)30(49,19-47-20-42-43-44-47)32(37,38)28-9-6-22(16-39-28)21-4-7-25(8-5-21)45-10-12-46(13-11-45)26-17-40-29(41-18-26)27(48)15-31(34,35)36/h1-9,14,16-18,20,27,48-49H,10-13,15,19H2. The molecule has 0 spiro atoms. The molecule has 2 aromatic carbocycles. The number of halogens is 6. The number of aromatic nitrogens is 7. The quantitative estimate of drug-likeness (QED) is 0.201. The van der Waals surface area contributed by atoms with E-state index in [1.807, 2.05) is 29.2 Å². The molecule has 0 amide bonds. The summed E-state index contributed by atoms with van der Waals surface area (Å²) in [6.07, 6.45) is -2.65. The van der Waals surface area contributed by atoms with E-state index in [0.717, 1.165) is 34.9 Å². The molecule has 17 heteroatoms. The van der Waals surface area contributed by atoms with Gasteiger partial charge in [0.1, 0.15) is 23.9 Å². The minimum absolute atomic E-state index is 0.287. The summed E-state index contributed by atoms with van der Waals surface area (Å²) in [5.74, 6) is -5.08. The highest BCUT2D eigenvalue weighted by atomic mass is 19.4. The number of hydrogen-bond donors (Lipinski definition) is 2. The van der Waals surface area contributed by atoms with Gasteiger partial charge in [-0.25, -0.2) is 19.0 Å². The van der Waals surface area contributed by atoms with Gasteiger partial charge in [0.15, 0.2) is 11.4 Å². The molecule has 3 aromatic heterocycles. The van der Waals surface area contributed by atoms with Gasteiger partial charge in [-0.2, -0.15) is 22.0 Å². The fourth-order valence-corrected chi connectivity index (χ4v) is 5.63. The molecule has 6 rings (SSSR count). The van der Waals surface area contributed by atoms with Crippen LogP contribution in [-0.4, -0.2) is 77.7 Å². The molecule has 4 heterocycles. The van der Waals surface area contributed by atoms with Gasteiger partial charge in [0, 0.05) is 43.6 Å². The van der Waals surface area contributed by atoms with Crippen molar-refractivity contribution in [2.24, 2.45) is 0 Å². The number of rotatable bonds is 10. The van der Waals surface area contributed by atoms with Crippen molar-refractivity contribution in [3.63, 3.8) is 0 Å². The Hall–Kier alpha value is -5.16. The van der Waals surface area contributed by atoms with Crippen LogP contribution in [0.4, 0.5) is 37.7 Å². The lowest BCUT2D eigenvalue weighted by Gasteiger charge is -2.37. The summed E-state index contributed by atoms with van der Waals surface area (Å²) in [4.78, 5) is 16.0. The number of alkyl halides is 5. The van der Waals surface area contributed by atoms with E-state index >= 15 is 8.78 Å². The number of anilines is 2. The van der Waals surface area contributed by atoms with Crippen LogP contribution in [-0.2, 0) is 18.1 Å². The molecule has 0 bridgehead atoms. The zero-order chi connectivity index (χ0) is 34.8. The van der Waals surface area contributed by atoms with Gasteiger partial charge in [0.25, 0.3) is 0 Å². The molecule has 2 atom stereocenters. The van der Waals surface area contributed by atoms with Crippen molar-refractivity contribution in [3.8, 4) is 11.1 Å². The molecule has 2 unspecified atom stereocenters. The second-order valence-corrected chi connectivity index (χ2v) is 11.5. The molecular formula is C32H29F6N9O2. The monoisotopic (exact) mass is 685 g/mol. The van der Waals surface area contributed by atoms with E-state index in [0.29, 0.717) is 43.0 Å². The van der Waals surface area contributed by atoms with Crippen LogP contribution in [0.3, 0.4) is 0 Å². The number of piperazine rings is 1. The Labute approximate surface area is 275 Å². The molecule has 1 saturated heterocycles. The smallest absolute Gasteiger partial charge is 0.385 e. The van der Waals surface area contributed by atoms with Crippen LogP contribution in [0.25, 0.3) is 11.1 Å². The number of tetrazole rings is 1. The molecular weight excluding hydrogens is 656 g/mol. The number of aliphatic hydroxyl groups excluding tert-OH is 1. The summed E-state index contributed by atoms with van der Waals surface area (Å²) < 4.78 is 84.8. The zero-order valence-electron chi connectivity index (χ0n) is 25.6. The molecule has 0 saturated carbocycles. The minimum atomic E-state index is -4.53. The van der Waals surface area contributed by atoms with E-state index in [-0.39, 0.29) is 11.4 Å². The maximum atomic E-state index is 16.1. The van der Waals surface area contributed by atoms with Crippen LogP contribution in [0.15, 0.2) is 85.6 Å². The molecule has 11 nitrogen and oxygen atoms in total. The normalized spacial score (nSPS) is 16.0. The molecule has 49 heavy (non-hydrogen) atoms. The fourth-order valence-electron chi connectivity index (χ4n) is 5.63. The summed E-state index contributed by atoms with van der Waals surface area (Å²) >= 11 is 0. The molecule has 5 aromatic rings. The summed E-state index contributed by atoms with van der Waals surface area (Å²) in [7, 11) is 0. The van der Waals surface area contributed by atoms with Gasteiger partial charge in [-0.1, -0.05) is 30.3 Å². The summed E-state index contributed by atoms with van der Waals surface area (Å²) in [6, 6.07) is 14.3. The van der Waals surface area contributed by atoms with Crippen molar-refractivity contribution < 1.29 is 36.6 Å². The van der Waals surface area contributed by atoms with Crippen molar-refractivity contribution in [3.05, 3.63) is 108 Å². The first kappa shape index (κ1) is 33.7. The molecule has 1 aliphatic heterocycles. The van der Waals surface area contributed by atoms with E-state index in [2.05, 4.69) is 35.4 Å². The lowest BCUT2D eigenvalue weighted by molar-refractivity contribution is -0.206. The Morgan fingerprint density at radius 2 is 1.43 bits per heavy atom. The second-order valence-electron chi connectivity index (χ2n) is 11.5. The van der Waals surface area contributed by atoms with E-state index < -0.39 is 48.3 Å². The first-order valence-electron chi connectivity index (χ1n) is 15.0. The predicted octanol–water partition coefficient (Wildman–Crippen LogP) is 4.66. The lowest BCUT2D eigenvalue weighted by Crippen LogP contribution is -2.47. The van der Waals surface area contributed by atoms with Crippen LogP contribution in [0.5, 0.6) is 0 Å². The van der Waals surface area contributed by atoms with Crippen molar-refractivity contribution in [1.82, 2.24) is 35.2 Å². The van der Waals surface area contributed by atoms with E-state index in [4.69, 9.17) is 0 Å². The van der Waals surface area contributed by atoms with Gasteiger partial charge in [0.2, 0.25) is 0 Å². The maximum absolute atomic E-state index is 16.1. The molecule has 0 aliphatic carbocycles. The average molecular weight is 686 g/mol. The van der Waals surface area contributed by atoms with Crippen molar-refractivity contribution in [1.29, 1.82) is 0 Å². The van der Waals surface area contributed by atoms with Crippen LogP contribution < -0.4 is 9.80 Å². The first-order valence-corrected chi connectivity index (χ1v) is 15.0. The highest BCUT2D eigenvalue weighted by Crippen LogP contribution is 2.46. The highest BCUT2D eigenvalue weighted by molar-refractivity contribution is 5.66. The minimum Gasteiger partial charge on any atom is -0.385 e. The molecule has 256 valence electrons. The van der Waals surface area contributed by atoms with Crippen molar-refractivity contribution >= 4 is 11.4 Å². The number of pyridine rings is 1. The Balaban J connectivity index is 1.11. The van der Waals surface area contributed by atoms with Gasteiger partial charge in [-0.05, 0) is 51.9 Å². The van der Waals surface area contributed by atoms with Crippen LogP contribution in [0.2, 0.25) is 0 Å². The Bertz CT molecular complexity index is 1840. The number of nitrogens with zero attached hydrogens (tertiary/aromatic N) is 9. The van der Waals surface area contributed by atoms with E-state index in [9.17, 15) is 27.8 Å². The van der Waals surface area contributed by atoms with Gasteiger partial charge in [-0.15, -0.1) is 5.10 Å². The summed E-state index contributed by atoms with van der Waals surface area (Å²) in [5.41, 5.74) is -1.24. The Kier molecular flexibility index (Phi) is 9.22. The molecule has 1 aliphatic rings. The summed E-state index contributed by atoms with van der Waals surface area (Å²) in [5, 5.41) is 31.6. The van der Waals surface area contributed by atoms with Crippen molar-refractivity contribution in [2.45, 2.75) is 36.8 Å². The predicted molar refractivity (Wildman–Crippen MR) is 164 cm³/mol. The van der Waals surface area contributed by atoms with Gasteiger partial charge in [-0.3, -0.25) is 4.98 Å². The van der Waals surface area contributed by atoms with E-state index in [1.165, 1.54) is 36.8 Å². The largest absolute Gasteiger partial charge is 0.392 e. The molecule has 1 fully saturated rings. The number of aliphatic hydroxyl groups is 2. The van der Waals surface area contributed by atoms with Crippen LogP contribution in [0.1, 0.15) is 29.6 Å². The number of hydrogen-bond acceptors (Lipinski definition) is 10. The summed E-state index contributed by atoms with van der Waals surface area (Å²) in [6.45, 7) is 1.66. The third-order valence-electron chi connectivity index (χ3n) is 8.28. The lowest BCUT2D eigenvalue weighted by atomic mass is 9.85. The van der Waals surface area contributed by atoms with Gasteiger partial charge in [0.05, 0.1) is 31.0 Å². The number of benzene rings is 2. The maximum Gasteiger partial charge on any atom is 0.392 e. The average Bonchev–Trinajstić information content (AvgIpc) is 3.61. The van der Waals surface area contributed by atoms with Crippen molar-refractivity contribution in [2.75, 3.05) is 36.0 Å². The molecule has 2 N–H and O–H groups in total. The topological polar surface area (TPSA) is 129 Å². The second kappa shape index (κ2) is 13.4. The van der Waals surface area contributed by atoms with E-state index in [1.54, 1.807) is 0 Å². The third-order valence-corrected chi connectivity index (χ3v) is 8.28. The zero-order valence-corrected chi connectivity index (χ0v) is 25.6. The first-order chi connectivity index (χ1) is 23.3. The highest BCUT2D eigenvalue weighted by Gasteiger charge is 2.57. The Morgan fingerprint density at radius 3 is 2.00 bits per heavy atom. The molecule has 0 radical (unpaired) electrons. The van der Waals surface area contributed by atoms with Crippen LogP contribution in [0, 0.1) is 5.82 Å². The van der Waals surface area contributed by atoms with Gasteiger partial charge >= 0.3 is 12.1 Å². The SMILES string of the molecule is OC(CC(F)(F)F)c1ncc(N2CCN(c3ccc(-c4ccc(C(F)(F)C(O)(Cn5cnnn5)c5cccc(F)c5)nc4)cc3)CC2)cn1. The fraction of sp³-hybridized carbons (Fsp3) is 0.312. The Morgan fingerprint density at radius 1 is 0.776 bits per heavy atom. The third kappa shape index (κ3) is 7.31. The van der Waals surface area contributed by atoms with Gasteiger partial charge < -0.3 is 20.0 Å².